The molecule has 5 aromatic rings. The first-order valence-electron chi connectivity index (χ1n) is 13.0. The zero-order chi connectivity index (χ0) is 27.3. The van der Waals surface area contributed by atoms with Crippen molar-refractivity contribution in [3.63, 3.8) is 0 Å². The maximum absolute atomic E-state index is 13.8. The van der Waals surface area contributed by atoms with Crippen LogP contribution in [0.3, 0.4) is 0 Å². The van der Waals surface area contributed by atoms with Crippen molar-refractivity contribution in [3.8, 4) is 0 Å². The first-order valence-corrected chi connectivity index (χ1v) is 13.0. The smallest absolute Gasteiger partial charge is 0.285 e. The van der Waals surface area contributed by atoms with Gasteiger partial charge in [-0.05, 0) is 80.3 Å². The number of nitrogens with zero attached hydrogens (tertiary/aromatic N) is 6. The lowest BCUT2D eigenvalue weighted by Crippen LogP contribution is -2.29. The zero-order valence-corrected chi connectivity index (χ0v) is 21.6. The molecule has 1 aliphatic carbocycles. The largest absolute Gasteiger partial charge is 0.418 e. The first-order chi connectivity index (χ1) is 18.7. The van der Waals surface area contributed by atoms with Gasteiger partial charge in [-0.15, -0.1) is 0 Å². The molecule has 0 radical (unpaired) electrons. The van der Waals surface area contributed by atoms with Crippen molar-refractivity contribution >= 4 is 22.1 Å². The summed E-state index contributed by atoms with van der Waals surface area (Å²) in [6, 6.07) is 10.5. The van der Waals surface area contributed by atoms with E-state index in [1.807, 2.05) is 17.9 Å². The Morgan fingerprint density at radius 3 is 2.54 bits per heavy atom. The summed E-state index contributed by atoms with van der Waals surface area (Å²) in [4.78, 5) is 26.8. The van der Waals surface area contributed by atoms with Crippen LogP contribution in [0.1, 0.15) is 65.6 Å². The molecule has 4 heterocycles. The Morgan fingerprint density at radius 1 is 1.00 bits per heavy atom. The molecule has 0 bridgehead atoms. The van der Waals surface area contributed by atoms with E-state index in [-0.39, 0.29) is 29.4 Å². The van der Waals surface area contributed by atoms with Crippen LogP contribution in [0.15, 0.2) is 59.8 Å². The maximum atomic E-state index is 13.8. The summed E-state index contributed by atoms with van der Waals surface area (Å²) in [6.07, 6.45) is 3.62. The molecule has 10 heteroatoms. The summed E-state index contributed by atoms with van der Waals surface area (Å²) >= 11 is 0. The van der Waals surface area contributed by atoms with Gasteiger partial charge in [-0.25, -0.2) is 4.98 Å². The van der Waals surface area contributed by atoms with Crippen LogP contribution in [0.25, 0.3) is 22.1 Å². The van der Waals surface area contributed by atoms with Crippen molar-refractivity contribution in [1.82, 2.24) is 29.3 Å². The number of rotatable bonds is 4. The van der Waals surface area contributed by atoms with Crippen molar-refractivity contribution in [2.75, 3.05) is 0 Å². The Morgan fingerprint density at radius 2 is 1.77 bits per heavy atom. The number of benzene rings is 1. The van der Waals surface area contributed by atoms with Gasteiger partial charge in [0, 0.05) is 30.4 Å². The number of alkyl halides is 3. The number of hydrogen-bond acceptors (Lipinski definition) is 5. The van der Waals surface area contributed by atoms with Gasteiger partial charge in [-0.2, -0.15) is 18.3 Å². The highest BCUT2D eigenvalue weighted by atomic mass is 19.4. The lowest BCUT2D eigenvalue weighted by atomic mass is 9.76. The van der Waals surface area contributed by atoms with Gasteiger partial charge in [-0.3, -0.25) is 24.0 Å². The minimum Gasteiger partial charge on any atom is -0.285 e. The molecule has 0 amide bonds. The third kappa shape index (κ3) is 4.68. The summed E-state index contributed by atoms with van der Waals surface area (Å²) < 4.78 is 44.3. The highest BCUT2D eigenvalue weighted by molar-refractivity contribution is 5.79. The average Bonchev–Trinajstić information content (AvgIpc) is 3.30. The molecule has 0 atom stereocenters. The monoisotopic (exact) mass is 532 g/mol. The fourth-order valence-corrected chi connectivity index (χ4v) is 5.82. The number of hydrogen-bond donors (Lipinski definition) is 0. The summed E-state index contributed by atoms with van der Waals surface area (Å²) in [5.74, 6) is 0.360. The number of aryl methyl sites for hydroxylation is 2. The normalized spacial score (nSPS) is 18.2. The van der Waals surface area contributed by atoms with E-state index >= 15 is 0 Å². The molecule has 0 unspecified atom stereocenters. The second kappa shape index (κ2) is 9.59. The fraction of sp³-hybridized carbons (Fsp3) is 0.345. The molecule has 200 valence electrons. The van der Waals surface area contributed by atoms with Gasteiger partial charge < -0.3 is 0 Å². The Kier molecular flexibility index (Phi) is 6.20. The molecule has 1 aromatic carbocycles. The minimum atomic E-state index is -4.58. The van der Waals surface area contributed by atoms with Crippen molar-refractivity contribution in [2.24, 2.45) is 7.05 Å². The summed E-state index contributed by atoms with van der Waals surface area (Å²) in [5.41, 5.74) is 2.85. The molecule has 0 N–H and O–H groups in total. The van der Waals surface area contributed by atoms with Crippen LogP contribution in [-0.4, -0.2) is 29.3 Å². The van der Waals surface area contributed by atoms with Crippen LogP contribution >= 0.6 is 0 Å². The van der Waals surface area contributed by atoms with E-state index in [9.17, 15) is 18.0 Å². The SMILES string of the molecule is Cc1cnc2cc([C@H]3CC[C@H](c4ccc5c(cnn5C)c4)CC3)c(=O)n(Cc3ncccc3C(F)(F)F)c2n1. The van der Waals surface area contributed by atoms with Gasteiger partial charge in [0.05, 0.1) is 35.2 Å². The van der Waals surface area contributed by atoms with E-state index < -0.39 is 11.7 Å². The Bertz CT molecular complexity index is 1750. The van der Waals surface area contributed by atoms with Gasteiger partial charge in [-0.1, -0.05) is 6.07 Å². The standard InChI is InChI=1S/C29H27F3N6O/c1-17-14-34-24-13-22(19-7-5-18(6-8-19)20-9-10-26-21(12-20)15-35-37(26)2)28(39)38(27(24)36-17)16-25-23(29(30,31)32)4-3-11-33-25/h3-4,9-15,18-19H,5-8,16H2,1-2H3/t18-,19-. The summed E-state index contributed by atoms with van der Waals surface area (Å²) in [5, 5.41) is 5.44. The topological polar surface area (TPSA) is 78.5 Å². The van der Waals surface area contributed by atoms with Crippen LogP contribution in [0.2, 0.25) is 0 Å². The summed E-state index contributed by atoms with van der Waals surface area (Å²) in [6.45, 7) is 1.40. The molecule has 0 aliphatic heterocycles. The maximum Gasteiger partial charge on any atom is 0.418 e. The lowest BCUT2D eigenvalue weighted by Gasteiger charge is -2.29. The molecule has 39 heavy (non-hydrogen) atoms. The second-order valence-corrected chi connectivity index (χ2v) is 10.3. The van der Waals surface area contributed by atoms with Crippen LogP contribution in [-0.2, 0) is 19.8 Å². The van der Waals surface area contributed by atoms with E-state index in [1.165, 1.54) is 22.4 Å². The predicted molar refractivity (Wildman–Crippen MR) is 142 cm³/mol. The highest BCUT2D eigenvalue weighted by Gasteiger charge is 2.34. The first kappa shape index (κ1) is 25.2. The molecule has 0 saturated heterocycles. The third-order valence-corrected chi connectivity index (χ3v) is 7.85. The van der Waals surface area contributed by atoms with Crippen LogP contribution < -0.4 is 5.56 Å². The van der Waals surface area contributed by atoms with Crippen molar-refractivity contribution in [1.29, 1.82) is 0 Å². The molecule has 7 nitrogen and oxygen atoms in total. The van der Waals surface area contributed by atoms with Crippen LogP contribution in [0, 0.1) is 6.92 Å². The zero-order valence-electron chi connectivity index (χ0n) is 21.6. The highest BCUT2D eigenvalue weighted by Crippen LogP contribution is 2.40. The van der Waals surface area contributed by atoms with Crippen molar-refractivity contribution in [3.05, 3.63) is 93.4 Å². The fourth-order valence-electron chi connectivity index (χ4n) is 5.82. The molecule has 6 rings (SSSR count). The molecule has 1 saturated carbocycles. The molecule has 4 aromatic heterocycles. The molecule has 1 fully saturated rings. The second-order valence-electron chi connectivity index (χ2n) is 10.3. The number of fused-ring (bicyclic) bond motifs is 2. The lowest BCUT2D eigenvalue weighted by molar-refractivity contribution is -0.138. The molecule has 1 aliphatic rings. The van der Waals surface area contributed by atoms with E-state index in [1.54, 1.807) is 19.2 Å². The van der Waals surface area contributed by atoms with Gasteiger partial charge in [0.1, 0.15) is 5.52 Å². The van der Waals surface area contributed by atoms with Crippen LogP contribution in [0.4, 0.5) is 13.2 Å². The van der Waals surface area contributed by atoms with E-state index in [4.69, 9.17) is 0 Å². The van der Waals surface area contributed by atoms with Crippen molar-refractivity contribution in [2.45, 2.75) is 57.2 Å². The van der Waals surface area contributed by atoms with Gasteiger partial charge in [0.25, 0.3) is 5.56 Å². The molecular weight excluding hydrogens is 505 g/mol. The van der Waals surface area contributed by atoms with Crippen LogP contribution in [0.5, 0.6) is 0 Å². The Labute approximate surface area is 222 Å². The minimum absolute atomic E-state index is 0.0135. The Balaban J connectivity index is 1.34. The van der Waals surface area contributed by atoms with E-state index in [0.717, 1.165) is 42.7 Å². The third-order valence-electron chi connectivity index (χ3n) is 7.85. The Hall–Kier alpha value is -4.08. The molecule has 0 spiro atoms. The van der Waals surface area contributed by atoms with E-state index in [0.29, 0.717) is 22.7 Å². The average molecular weight is 533 g/mol. The number of pyridine rings is 2. The van der Waals surface area contributed by atoms with Crippen molar-refractivity contribution < 1.29 is 13.2 Å². The van der Waals surface area contributed by atoms with E-state index in [2.05, 4.69) is 38.2 Å². The predicted octanol–water partition coefficient (Wildman–Crippen LogP) is 5.89. The number of aromatic nitrogens is 6. The summed E-state index contributed by atoms with van der Waals surface area (Å²) in [7, 11) is 1.92. The quantitative estimate of drug-likeness (QED) is 0.288. The van der Waals surface area contributed by atoms with Gasteiger partial charge in [0.15, 0.2) is 5.65 Å². The van der Waals surface area contributed by atoms with Gasteiger partial charge >= 0.3 is 6.18 Å². The number of halogens is 3. The molecular formula is C29H27F3N6O. The van der Waals surface area contributed by atoms with Gasteiger partial charge in [0.2, 0.25) is 0 Å².